The summed E-state index contributed by atoms with van der Waals surface area (Å²) in [5, 5.41) is 9.75. The Bertz CT molecular complexity index is 848. The average molecular weight is 437 g/mol. The summed E-state index contributed by atoms with van der Waals surface area (Å²) >= 11 is 0. The van der Waals surface area contributed by atoms with Crippen LogP contribution in [-0.4, -0.2) is 40.6 Å². The maximum Gasteiger partial charge on any atom is 0.324 e. The van der Waals surface area contributed by atoms with Gasteiger partial charge in [0, 0.05) is 26.7 Å². The number of hydrogen-bond donors (Lipinski definition) is 2. The van der Waals surface area contributed by atoms with Gasteiger partial charge in [-0.2, -0.15) is 0 Å². The van der Waals surface area contributed by atoms with Crippen molar-refractivity contribution in [3.05, 3.63) is 23.8 Å². The minimum Gasteiger partial charge on any atom is -0.480 e. The molecule has 1 unspecified atom stereocenters. The molecule has 31 heavy (non-hydrogen) atoms. The first-order valence-corrected chi connectivity index (χ1v) is 9.93. The molecule has 9 heteroatoms. The third kappa shape index (κ3) is 7.67. The van der Waals surface area contributed by atoms with Crippen molar-refractivity contribution in [2.45, 2.75) is 72.4 Å². The van der Waals surface area contributed by atoms with Crippen LogP contribution in [0.4, 0.5) is 0 Å². The summed E-state index contributed by atoms with van der Waals surface area (Å²) in [5.74, 6) is -2.96. The second kappa shape index (κ2) is 10.4. The monoisotopic (exact) mass is 437 g/mol. The molecule has 0 saturated carbocycles. The zero-order valence-electron chi connectivity index (χ0n) is 18.8. The average Bonchev–Trinajstić information content (AvgIpc) is 2.62. The summed E-state index contributed by atoms with van der Waals surface area (Å²) in [4.78, 5) is 46.9. The number of carbonyl (C=O) groups is 4. The van der Waals surface area contributed by atoms with E-state index >= 15 is 0 Å². The zero-order valence-corrected chi connectivity index (χ0v) is 18.8. The van der Waals surface area contributed by atoms with E-state index in [0.29, 0.717) is 12.0 Å². The predicted molar refractivity (Wildman–Crippen MR) is 112 cm³/mol. The fourth-order valence-electron chi connectivity index (χ4n) is 2.78. The minimum atomic E-state index is -1.76. The van der Waals surface area contributed by atoms with Crippen molar-refractivity contribution in [1.82, 2.24) is 0 Å². The first-order valence-electron chi connectivity index (χ1n) is 9.93. The molecule has 0 aliphatic carbocycles. The molecule has 3 N–H and O–H groups in total. The van der Waals surface area contributed by atoms with Gasteiger partial charge in [-0.05, 0) is 44.9 Å². The van der Waals surface area contributed by atoms with Crippen molar-refractivity contribution in [1.29, 1.82) is 0 Å². The lowest BCUT2D eigenvalue weighted by Crippen LogP contribution is -2.52. The molecule has 0 aromatic heterocycles. The molecular weight excluding hydrogens is 406 g/mol. The fraction of sp³-hybridized carbons (Fsp3) is 0.545. The Kier molecular flexibility index (Phi) is 8.74. The van der Waals surface area contributed by atoms with Crippen molar-refractivity contribution < 1.29 is 38.5 Å². The molecule has 0 radical (unpaired) electrons. The smallest absolute Gasteiger partial charge is 0.324 e. The van der Waals surface area contributed by atoms with Gasteiger partial charge in [-0.25, -0.2) is 0 Å². The van der Waals surface area contributed by atoms with Crippen LogP contribution in [0.15, 0.2) is 18.2 Å². The van der Waals surface area contributed by atoms with Gasteiger partial charge in [0.2, 0.25) is 0 Å². The summed E-state index contributed by atoms with van der Waals surface area (Å²) in [6.45, 7) is 9.32. The summed E-state index contributed by atoms with van der Waals surface area (Å²) < 4.78 is 15.5. The van der Waals surface area contributed by atoms with Crippen LogP contribution in [0, 0.1) is 5.41 Å². The van der Waals surface area contributed by atoms with Crippen LogP contribution >= 0.6 is 0 Å². The van der Waals surface area contributed by atoms with Gasteiger partial charge in [0.1, 0.15) is 11.6 Å². The second-order valence-electron chi connectivity index (χ2n) is 8.26. The van der Waals surface area contributed by atoms with Crippen molar-refractivity contribution in [3.63, 3.8) is 0 Å². The number of carboxylic acid groups (broad SMARTS) is 1. The van der Waals surface area contributed by atoms with Crippen LogP contribution in [0.2, 0.25) is 0 Å². The van der Waals surface area contributed by atoms with E-state index in [0.717, 1.165) is 0 Å². The molecule has 0 bridgehead atoms. The summed E-state index contributed by atoms with van der Waals surface area (Å²) in [6.07, 6.45) is -0.454. The molecule has 0 spiro atoms. The lowest BCUT2D eigenvalue weighted by atomic mass is 9.86. The molecule has 172 valence electrons. The molecule has 1 rings (SSSR count). The maximum absolute atomic E-state index is 12.3. The minimum absolute atomic E-state index is 0.0218. The highest BCUT2D eigenvalue weighted by Crippen LogP contribution is 2.31. The molecule has 0 saturated heterocycles. The summed E-state index contributed by atoms with van der Waals surface area (Å²) in [7, 11) is 0. The number of ether oxygens (including phenoxy) is 3. The van der Waals surface area contributed by atoms with Gasteiger partial charge in [-0.3, -0.25) is 19.2 Å². The second-order valence-corrected chi connectivity index (χ2v) is 8.26. The lowest BCUT2D eigenvalue weighted by molar-refractivity contribution is -0.162. The summed E-state index contributed by atoms with van der Waals surface area (Å²) in [5.41, 5.74) is 4.16. The molecule has 0 aliphatic rings. The van der Waals surface area contributed by atoms with E-state index in [9.17, 15) is 24.3 Å². The van der Waals surface area contributed by atoms with Crippen LogP contribution < -0.4 is 15.2 Å². The zero-order chi connectivity index (χ0) is 24.0. The number of aliphatic carboxylic acids is 1. The topological polar surface area (TPSA) is 142 Å². The largest absolute Gasteiger partial charge is 0.480 e. The van der Waals surface area contributed by atoms with Gasteiger partial charge in [0.25, 0.3) is 0 Å². The number of benzene rings is 1. The fourth-order valence-corrected chi connectivity index (χ4v) is 2.78. The van der Waals surface area contributed by atoms with Crippen molar-refractivity contribution in [2.75, 3.05) is 0 Å². The predicted octanol–water partition coefficient (Wildman–Crippen LogP) is 2.62. The van der Waals surface area contributed by atoms with Gasteiger partial charge < -0.3 is 25.1 Å². The maximum atomic E-state index is 12.3. The number of esters is 3. The molecule has 1 aromatic carbocycles. The first kappa shape index (κ1) is 26.1. The molecule has 0 amide bonds. The van der Waals surface area contributed by atoms with Gasteiger partial charge in [-0.1, -0.05) is 13.0 Å². The quantitative estimate of drug-likeness (QED) is 0.417. The van der Waals surface area contributed by atoms with Gasteiger partial charge in [0.05, 0.1) is 5.41 Å². The highest BCUT2D eigenvalue weighted by molar-refractivity contribution is 5.80. The Hall–Kier alpha value is -2.94. The van der Waals surface area contributed by atoms with E-state index in [2.05, 4.69) is 0 Å². The normalized spacial score (nSPS) is 14.2. The number of carboxylic acids is 1. The Morgan fingerprint density at radius 2 is 1.61 bits per heavy atom. The number of carbonyl (C=O) groups excluding carboxylic acids is 3. The number of nitrogens with two attached hydrogens (primary N) is 1. The van der Waals surface area contributed by atoms with E-state index < -0.39 is 40.9 Å². The third-order valence-corrected chi connectivity index (χ3v) is 4.86. The number of hydrogen-bond acceptors (Lipinski definition) is 8. The van der Waals surface area contributed by atoms with Crippen LogP contribution in [0.1, 0.15) is 59.9 Å². The lowest BCUT2D eigenvalue weighted by Gasteiger charge is -2.30. The van der Waals surface area contributed by atoms with E-state index in [4.69, 9.17) is 19.9 Å². The van der Waals surface area contributed by atoms with E-state index in [-0.39, 0.29) is 24.3 Å². The van der Waals surface area contributed by atoms with E-state index in [1.807, 2.05) is 6.92 Å². The SMILES string of the molecule is CCC(C)(C)C(=O)O[C@@H](C)CC(N)(Cc1ccc(OC(C)=O)c(OC(C)=O)c1)C(=O)O. The van der Waals surface area contributed by atoms with E-state index in [1.165, 1.54) is 32.0 Å². The van der Waals surface area contributed by atoms with Crippen LogP contribution in [0.25, 0.3) is 0 Å². The van der Waals surface area contributed by atoms with E-state index in [1.54, 1.807) is 20.8 Å². The van der Waals surface area contributed by atoms with Crippen LogP contribution in [0.3, 0.4) is 0 Å². The standard InChI is InChI=1S/C22H31NO8/c1-7-21(5,6)20(28)29-13(2)11-22(23,19(26)27)12-16-8-9-17(30-14(3)24)18(10-16)31-15(4)25/h8-10,13H,7,11-12,23H2,1-6H3,(H,26,27)/t13-,22?/m0/s1. The van der Waals surface area contributed by atoms with Crippen molar-refractivity contribution >= 4 is 23.9 Å². The first-order chi connectivity index (χ1) is 14.2. The van der Waals surface area contributed by atoms with Crippen molar-refractivity contribution in [2.24, 2.45) is 11.1 Å². The van der Waals surface area contributed by atoms with Gasteiger partial charge >= 0.3 is 23.9 Å². The highest BCUT2D eigenvalue weighted by atomic mass is 16.6. The molecule has 2 atom stereocenters. The van der Waals surface area contributed by atoms with Crippen molar-refractivity contribution in [3.8, 4) is 11.5 Å². The summed E-state index contributed by atoms with van der Waals surface area (Å²) in [6, 6.07) is 4.30. The Morgan fingerprint density at radius 3 is 2.10 bits per heavy atom. The third-order valence-electron chi connectivity index (χ3n) is 4.86. The van der Waals surface area contributed by atoms with Gasteiger partial charge in [0.15, 0.2) is 11.5 Å². The highest BCUT2D eigenvalue weighted by Gasteiger charge is 2.38. The molecular formula is C22H31NO8. The Morgan fingerprint density at radius 1 is 1.06 bits per heavy atom. The van der Waals surface area contributed by atoms with Gasteiger partial charge in [-0.15, -0.1) is 0 Å². The Balaban J connectivity index is 3.10. The molecule has 0 heterocycles. The Labute approximate surface area is 181 Å². The number of rotatable bonds is 10. The molecule has 0 fully saturated rings. The van der Waals surface area contributed by atoms with Crippen LogP contribution in [-0.2, 0) is 30.3 Å². The molecule has 1 aromatic rings. The molecule has 0 aliphatic heterocycles. The van der Waals surface area contributed by atoms with Crippen LogP contribution in [0.5, 0.6) is 11.5 Å². The molecule has 9 nitrogen and oxygen atoms in total.